The van der Waals surface area contributed by atoms with Crippen LogP contribution in [0.4, 0.5) is 5.82 Å². The van der Waals surface area contributed by atoms with Gasteiger partial charge in [-0.15, -0.1) is 0 Å². The number of furan rings is 1. The minimum atomic E-state index is 0.767. The first-order chi connectivity index (χ1) is 8.88. The summed E-state index contributed by atoms with van der Waals surface area (Å²) in [6.07, 6.45) is 1.05. The lowest BCUT2D eigenvalue weighted by molar-refractivity contribution is 0.630. The highest BCUT2D eigenvalue weighted by Crippen LogP contribution is 2.31. The second-order valence-corrected chi connectivity index (χ2v) is 4.57. The number of hydrogen-bond acceptors (Lipinski definition) is 5. The highest BCUT2D eigenvalue weighted by molar-refractivity contribution is 6.99. The van der Waals surface area contributed by atoms with Crippen LogP contribution in [0, 0.1) is 0 Å². The van der Waals surface area contributed by atoms with Crippen molar-refractivity contribution in [3.63, 3.8) is 0 Å². The third-order valence-electron chi connectivity index (χ3n) is 2.69. The molecule has 4 nitrogen and oxygen atoms in total. The zero-order valence-electron chi connectivity index (χ0n) is 10.0. The van der Waals surface area contributed by atoms with E-state index in [1.54, 1.807) is 0 Å². The van der Waals surface area contributed by atoms with Crippen molar-refractivity contribution in [1.29, 1.82) is 0 Å². The first-order valence-corrected chi connectivity index (χ1v) is 6.67. The van der Waals surface area contributed by atoms with Crippen molar-refractivity contribution in [2.24, 2.45) is 0 Å². The van der Waals surface area contributed by atoms with Gasteiger partial charge in [-0.25, -0.2) is 0 Å². The Kier molecular flexibility index (Phi) is 2.98. The molecule has 3 rings (SSSR count). The van der Waals surface area contributed by atoms with Gasteiger partial charge in [0, 0.05) is 11.9 Å². The predicted molar refractivity (Wildman–Crippen MR) is 73.9 cm³/mol. The van der Waals surface area contributed by atoms with E-state index in [9.17, 15) is 0 Å². The van der Waals surface area contributed by atoms with Crippen LogP contribution in [0.25, 0.3) is 22.4 Å². The first-order valence-electron chi connectivity index (χ1n) is 5.94. The summed E-state index contributed by atoms with van der Waals surface area (Å²) in [7, 11) is 0. The molecule has 5 heteroatoms. The van der Waals surface area contributed by atoms with Gasteiger partial charge in [-0.1, -0.05) is 25.1 Å². The number of aromatic nitrogens is 2. The third-order valence-corrected chi connectivity index (χ3v) is 3.22. The van der Waals surface area contributed by atoms with Crippen molar-refractivity contribution >= 4 is 28.5 Å². The first kappa shape index (κ1) is 11.2. The molecule has 0 saturated heterocycles. The summed E-state index contributed by atoms with van der Waals surface area (Å²) in [6.45, 7) is 3.01. The molecule has 0 amide bonds. The van der Waals surface area contributed by atoms with Gasteiger partial charge in [-0.05, 0) is 18.6 Å². The van der Waals surface area contributed by atoms with E-state index in [0.29, 0.717) is 0 Å². The van der Waals surface area contributed by atoms with Gasteiger partial charge in [0.1, 0.15) is 5.58 Å². The Morgan fingerprint density at radius 2 is 2.17 bits per heavy atom. The lowest BCUT2D eigenvalue weighted by Crippen LogP contribution is -2.00. The van der Waals surface area contributed by atoms with Gasteiger partial charge < -0.3 is 9.73 Å². The van der Waals surface area contributed by atoms with Crippen molar-refractivity contribution in [3.8, 4) is 11.5 Å². The number of para-hydroxylation sites is 1. The molecule has 0 saturated carbocycles. The number of benzene rings is 1. The molecule has 0 unspecified atom stereocenters. The van der Waals surface area contributed by atoms with E-state index < -0.39 is 0 Å². The number of hydrogen-bond donors (Lipinski definition) is 1. The molecule has 2 aromatic heterocycles. The lowest BCUT2D eigenvalue weighted by Gasteiger charge is -2.00. The molecule has 2 heterocycles. The van der Waals surface area contributed by atoms with Crippen molar-refractivity contribution in [2.75, 3.05) is 11.9 Å². The van der Waals surface area contributed by atoms with Crippen LogP contribution in [-0.4, -0.2) is 15.3 Å². The fourth-order valence-corrected chi connectivity index (χ4v) is 2.34. The maximum atomic E-state index is 5.80. The molecule has 0 fully saturated rings. The van der Waals surface area contributed by atoms with E-state index in [1.165, 1.54) is 11.7 Å². The van der Waals surface area contributed by atoms with Crippen molar-refractivity contribution in [2.45, 2.75) is 13.3 Å². The maximum Gasteiger partial charge on any atom is 0.171 e. The van der Waals surface area contributed by atoms with E-state index in [0.717, 1.165) is 41.2 Å². The summed E-state index contributed by atoms with van der Waals surface area (Å²) >= 11 is 1.20. The molecule has 0 radical (unpaired) electrons. The van der Waals surface area contributed by atoms with E-state index in [-0.39, 0.29) is 0 Å². The summed E-state index contributed by atoms with van der Waals surface area (Å²) in [4.78, 5) is 0. The van der Waals surface area contributed by atoms with Gasteiger partial charge in [0.15, 0.2) is 17.3 Å². The number of nitrogens with one attached hydrogen (secondary N) is 1. The van der Waals surface area contributed by atoms with E-state index >= 15 is 0 Å². The van der Waals surface area contributed by atoms with Gasteiger partial charge in [0.05, 0.1) is 11.7 Å². The summed E-state index contributed by atoms with van der Waals surface area (Å²) < 4.78 is 14.4. The maximum absolute atomic E-state index is 5.80. The molecule has 0 aliphatic heterocycles. The normalized spacial score (nSPS) is 10.9. The van der Waals surface area contributed by atoms with Gasteiger partial charge in [-0.3, -0.25) is 0 Å². The van der Waals surface area contributed by atoms with Crippen molar-refractivity contribution in [3.05, 3.63) is 30.3 Å². The zero-order valence-corrected chi connectivity index (χ0v) is 10.8. The average molecular weight is 259 g/mol. The van der Waals surface area contributed by atoms with Crippen molar-refractivity contribution < 1.29 is 4.42 Å². The topological polar surface area (TPSA) is 51.0 Å². The summed E-state index contributed by atoms with van der Waals surface area (Å²) in [5.74, 6) is 1.57. The minimum Gasteiger partial charge on any atom is -0.454 e. The Labute approximate surface area is 109 Å². The quantitative estimate of drug-likeness (QED) is 0.774. The van der Waals surface area contributed by atoms with Crippen LogP contribution in [-0.2, 0) is 0 Å². The second-order valence-electron chi connectivity index (χ2n) is 4.04. The Morgan fingerprint density at radius 1 is 1.28 bits per heavy atom. The van der Waals surface area contributed by atoms with Gasteiger partial charge in [0.2, 0.25) is 0 Å². The molecule has 92 valence electrons. The van der Waals surface area contributed by atoms with Crippen LogP contribution in [0.2, 0.25) is 0 Å². The van der Waals surface area contributed by atoms with Gasteiger partial charge in [0.25, 0.3) is 0 Å². The monoisotopic (exact) mass is 259 g/mol. The van der Waals surface area contributed by atoms with Crippen LogP contribution in [0.3, 0.4) is 0 Å². The van der Waals surface area contributed by atoms with Gasteiger partial charge in [-0.2, -0.15) is 8.75 Å². The van der Waals surface area contributed by atoms with E-state index in [2.05, 4.69) is 21.0 Å². The summed E-state index contributed by atoms with van der Waals surface area (Å²) in [6, 6.07) is 9.95. The fourth-order valence-electron chi connectivity index (χ4n) is 1.81. The molecule has 18 heavy (non-hydrogen) atoms. The molecule has 0 aliphatic rings. The molecule has 0 atom stereocenters. The third kappa shape index (κ3) is 1.97. The Balaban J connectivity index is 2.01. The highest BCUT2D eigenvalue weighted by Gasteiger charge is 2.14. The largest absolute Gasteiger partial charge is 0.454 e. The number of nitrogens with zero attached hydrogens (tertiary/aromatic N) is 2. The van der Waals surface area contributed by atoms with E-state index in [1.807, 2.05) is 30.3 Å². The van der Waals surface area contributed by atoms with E-state index in [4.69, 9.17) is 4.42 Å². The Morgan fingerprint density at radius 3 is 3.00 bits per heavy atom. The number of rotatable bonds is 4. The van der Waals surface area contributed by atoms with Crippen LogP contribution in [0.15, 0.2) is 34.7 Å². The molecule has 3 aromatic rings. The average Bonchev–Trinajstić information content (AvgIpc) is 3.01. The van der Waals surface area contributed by atoms with Crippen LogP contribution in [0.1, 0.15) is 13.3 Å². The number of fused-ring (bicyclic) bond motifs is 1. The number of anilines is 1. The van der Waals surface area contributed by atoms with Gasteiger partial charge >= 0.3 is 0 Å². The molecule has 0 spiro atoms. The SMILES string of the molecule is CCCNc1nsnc1-c1cc2ccccc2o1. The molecule has 1 aromatic carbocycles. The van der Waals surface area contributed by atoms with Crippen LogP contribution >= 0.6 is 11.7 Å². The van der Waals surface area contributed by atoms with Crippen LogP contribution in [0.5, 0.6) is 0 Å². The fraction of sp³-hybridized carbons (Fsp3) is 0.231. The minimum absolute atomic E-state index is 0.767. The zero-order chi connectivity index (χ0) is 12.4. The molecular formula is C13H13N3OS. The summed E-state index contributed by atoms with van der Waals surface area (Å²) in [5, 5.41) is 4.35. The predicted octanol–water partition coefficient (Wildman–Crippen LogP) is 3.77. The molecule has 0 aliphatic carbocycles. The molecule has 0 bridgehead atoms. The smallest absolute Gasteiger partial charge is 0.171 e. The highest BCUT2D eigenvalue weighted by atomic mass is 32.1. The standard InChI is InChI=1S/C13H13N3OS/c1-2-7-14-13-12(15-18-16-13)11-8-9-5-3-4-6-10(9)17-11/h3-6,8H,2,7H2,1H3,(H,14,16). The lowest BCUT2D eigenvalue weighted by atomic mass is 10.2. The Bertz CT molecular complexity index is 626. The van der Waals surface area contributed by atoms with Crippen molar-refractivity contribution in [1.82, 2.24) is 8.75 Å². The second kappa shape index (κ2) is 4.78. The molecule has 1 N–H and O–H groups in total. The Hall–Kier alpha value is -1.88. The summed E-state index contributed by atoms with van der Waals surface area (Å²) in [5.41, 5.74) is 1.67. The molecular weight excluding hydrogens is 246 g/mol. The van der Waals surface area contributed by atoms with Crippen LogP contribution < -0.4 is 5.32 Å².